The topological polar surface area (TPSA) is 494 Å². The molecule has 31 nitrogen and oxygen atoms in total. The highest BCUT2D eigenvalue weighted by atomic mass is 16.8. The SMILES string of the molecule is CC(=O)N[C@H]1[C@H](OC[C@@H](O)[C@H](O)[C@H](O[C@@H]2O[C@H](CO)[C@H](O)[C@H](O)[C@H]2O)[C@H](CO)NC(C)=O)O[C@H](CO)[C@@H](O[C@@H]2O[C@H](CO)[C@H](O)[C@H](O)[C@H]2O[C@@H]2O[C@@H](C)[C@@H](O)[C@@H](O)[C@@H]2O)[C@@H]1O[C@@H]1O[C@@H](C)[C@@H](O)[C@@H](O)[C@@H]1O. The molecular weight excluding hydrogens is 972 g/mol. The molecule has 2 amide bonds. The molecule has 5 aliphatic heterocycles. The first kappa shape index (κ1) is 59.7. The van der Waals surface area contributed by atoms with Gasteiger partial charge in [0.15, 0.2) is 31.5 Å². The maximum absolute atomic E-state index is 13.0. The van der Waals surface area contributed by atoms with E-state index in [4.69, 9.17) is 47.4 Å². The van der Waals surface area contributed by atoms with Crippen molar-refractivity contribution in [1.29, 1.82) is 0 Å². The first-order valence-corrected chi connectivity index (χ1v) is 22.7. The number of carbonyl (C=O) groups excluding carboxylic acids is 2. The van der Waals surface area contributed by atoms with Crippen LogP contribution < -0.4 is 10.6 Å². The second-order valence-corrected chi connectivity index (χ2v) is 18.0. The van der Waals surface area contributed by atoms with Crippen LogP contribution in [0.1, 0.15) is 27.7 Å². The van der Waals surface area contributed by atoms with Crippen LogP contribution in [0.15, 0.2) is 0 Å². The second-order valence-electron chi connectivity index (χ2n) is 18.0. The summed E-state index contributed by atoms with van der Waals surface area (Å²) in [6.07, 6.45) is -50.2. The van der Waals surface area contributed by atoms with E-state index in [0.717, 1.165) is 13.8 Å². The van der Waals surface area contributed by atoms with Crippen molar-refractivity contribution in [3.8, 4) is 0 Å². The number of amides is 2. The standard InChI is InChI=1S/C40H70N2O29/c1-10-20(50)25(55)29(59)37(63-10)70-34-19(42-13(4)48)36(62-9-15(49)22(52)32(14(5-43)41-12(3)47)68-39-31(61)27(57)23(53)16(6-44)65-39)67-18(8-46)33(34)69-40-35(28(58)24(54)17(7-45)66-40)71-38-30(60)26(56)21(51)11(2)64-38/h10-11,14-40,43-46,49-61H,5-9H2,1-4H3,(H,41,47)(H,42,48)/t10-,11-,14-,15+,16+,17+,18+,19+,20+,21+,22-,23-,24-,25+,26+,27-,28-,29-,30-,31+,32+,33+,34+,35+,36+,37-,38-,39-,40-/m0/s1. The van der Waals surface area contributed by atoms with Gasteiger partial charge in [0, 0.05) is 13.8 Å². The second kappa shape index (κ2) is 26.1. The van der Waals surface area contributed by atoms with E-state index in [1.807, 2.05) is 0 Å². The Labute approximate surface area is 404 Å². The lowest BCUT2D eigenvalue weighted by Crippen LogP contribution is -2.70. The zero-order valence-corrected chi connectivity index (χ0v) is 38.8. The highest BCUT2D eigenvalue weighted by Crippen LogP contribution is 2.36. The maximum atomic E-state index is 13.0. The van der Waals surface area contributed by atoms with E-state index in [2.05, 4.69) is 10.6 Å². The van der Waals surface area contributed by atoms with Gasteiger partial charge in [0.05, 0.1) is 51.3 Å². The van der Waals surface area contributed by atoms with Gasteiger partial charge in [0.1, 0.15) is 128 Å². The molecule has 5 saturated heterocycles. The number of nitrogens with one attached hydrogen (secondary N) is 2. The van der Waals surface area contributed by atoms with Crippen LogP contribution in [0.3, 0.4) is 0 Å². The summed E-state index contributed by atoms with van der Waals surface area (Å²) >= 11 is 0. The number of carbonyl (C=O) groups is 2. The molecular formula is C40H70N2O29. The molecule has 0 unspecified atom stereocenters. The number of rotatable bonds is 20. The molecule has 0 aliphatic carbocycles. The summed E-state index contributed by atoms with van der Waals surface area (Å²) in [4.78, 5) is 25.1. The van der Waals surface area contributed by atoms with E-state index in [-0.39, 0.29) is 0 Å². The quantitative estimate of drug-likeness (QED) is 0.0538. The Morgan fingerprint density at radius 3 is 1.45 bits per heavy atom. The van der Waals surface area contributed by atoms with Crippen LogP contribution in [0.5, 0.6) is 0 Å². The van der Waals surface area contributed by atoms with Gasteiger partial charge in [-0.3, -0.25) is 9.59 Å². The molecule has 414 valence electrons. The molecule has 5 heterocycles. The molecule has 29 atom stereocenters. The lowest BCUT2D eigenvalue weighted by Gasteiger charge is -2.51. The smallest absolute Gasteiger partial charge is 0.217 e. The lowest BCUT2D eigenvalue weighted by molar-refractivity contribution is -0.393. The van der Waals surface area contributed by atoms with E-state index < -0.39 is 223 Å². The minimum atomic E-state index is -2.26. The molecule has 31 heteroatoms. The predicted octanol–water partition coefficient (Wildman–Crippen LogP) is -12.1. The van der Waals surface area contributed by atoms with Crippen LogP contribution in [0.4, 0.5) is 0 Å². The Morgan fingerprint density at radius 2 is 0.958 bits per heavy atom. The van der Waals surface area contributed by atoms with Crippen molar-refractivity contribution in [2.45, 2.75) is 206 Å². The number of hydrogen-bond donors (Lipinski definition) is 19. The third-order valence-electron chi connectivity index (χ3n) is 12.8. The number of aliphatic hydroxyl groups is 17. The van der Waals surface area contributed by atoms with Gasteiger partial charge in [-0.15, -0.1) is 0 Å². The van der Waals surface area contributed by atoms with Gasteiger partial charge in [0.25, 0.3) is 0 Å². The molecule has 5 fully saturated rings. The maximum Gasteiger partial charge on any atom is 0.217 e. The Hall–Kier alpha value is -2.14. The van der Waals surface area contributed by atoms with Crippen molar-refractivity contribution in [2.24, 2.45) is 0 Å². The van der Waals surface area contributed by atoms with Crippen LogP contribution in [0.25, 0.3) is 0 Å². The molecule has 0 bridgehead atoms. The Balaban J connectivity index is 1.49. The minimum Gasteiger partial charge on any atom is -0.394 e. The predicted molar refractivity (Wildman–Crippen MR) is 222 cm³/mol. The van der Waals surface area contributed by atoms with Crippen molar-refractivity contribution >= 4 is 11.8 Å². The fraction of sp³-hybridized carbons (Fsp3) is 0.950. The summed E-state index contributed by atoms with van der Waals surface area (Å²) < 4.78 is 58.2. The summed E-state index contributed by atoms with van der Waals surface area (Å²) in [6, 6.07) is -3.37. The lowest BCUT2D eigenvalue weighted by atomic mass is 9.94. The Kier molecular flexibility index (Phi) is 21.9. The molecule has 5 aliphatic rings. The van der Waals surface area contributed by atoms with Crippen molar-refractivity contribution in [3.05, 3.63) is 0 Å². The molecule has 0 saturated carbocycles. The van der Waals surface area contributed by atoms with Crippen LogP contribution in [-0.2, 0) is 57.0 Å². The zero-order valence-electron chi connectivity index (χ0n) is 38.8. The normalized spacial score (nSPS) is 46.1. The highest BCUT2D eigenvalue weighted by molar-refractivity contribution is 5.73. The summed E-state index contributed by atoms with van der Waals surface area (Å²) in [5.41, 5.74) is 0. The van der Waals surface area contributed by atoms with Gasteiger partial charge < -0.3 is 145 Å². The average Bonchev–Trinajstić information content (AvgIpc) is 3.33. The molecule has 5 rings (SSSR count). The number of hydrogen-bond acceptors (Lipinski definition) is 29. The fourth-order valence-electron chi connectivity index (χ4n) is 8.69. The molecule has 0 radical (unpaired) electrons. The monoisotopic (exact) mass is 1040 g/mol. The van der Waals surface area contributed by atoms with E-state index in [9.17, 15) is 96.4 Å². The van der Waals surface area contributed by atoms with Crippen molar-refractivity contribution in [2.75, 3.05) is 33.0 Å². The van der Waals surface area contributed by atoms with E-state index >= 15 is 0 Å². The zero-order chi connectivity index (χ0) is 52.9. The van der Waals surface area contributed by atoms with Gasteiger partial charge in [0.2, 0.25) is 11.8 Å². The number of ether oxygens (including phenoxy) is 10. The fourth-order valence-corrected chi connectivity index (χ4v) is 8.69. The Bertz CT molecular complexity index is 1660. The van der Waals surface area contributed by atoms with E-state index in [0.29, 0.717) is 0 Å². The average molecular weight is 1040 g/mol. The van der Waals surface area contributed by atoms with Crippen molar-refractivity contribution < 1.29 is 144 Å². The summed E-state index contributed by atoms with van der Waals surface area (Å²) in [5.74, 6) is -1.65. The minimum absolute atomic E-state index is 0.790. The van der Waals surface area contributed by atoms with Crippen molar-refractivity contribution in [1.82, 2.24) is 10.6 Å². The highest BCUT2D eigenvalue weighted by Gasteiger charge is 2.57. The molecule has 0 aromatic carbocycles. The van der Waals surface area contributed by atoms with Gasteiger partial charge in [-0.1, -0.05) is 0 Å². The molecule has 71 heavy (non-hydrogen) atoms. The molecule has 19 N–H and O–H groups in total. The number of aliphatic hydroxyl groups excluding tert-OH is 17. The van der Waals surface area contributed by atoms with Crippen molar-refractivity contribution in [3.63, 3.8) is 0 Å². The van der Waals surface area contributed by atoms with Crippen LogP contribution in [-0.4, -0.2) is 309 Å². The van der Waals surface area contributed by atoms with Gasteiger partial charge >= 0.3 is 0 Å². The third-order valence-corrected chi connectivity index (χ3v) is 12.8. The van der Waals surface area contributed by atoms with Gasteiger partial charge in [-0.25, -0.2) is 0 Å². The van der Waals surface area contributed by atoms with E-state index in [1.165, 1.54) is 13.8 Å². The molecule has 0 spiro atoms. The summed E-state index contributed by atoms with van der Waals surface area (Å²) in [7, 11) is 0. The summed E-state index contributed by atoms with van der Waals surface area (Å²) in [6.45, 7) is -0.338. The first-order valence-electron chi connectivity index (χ1n) is 22.7. The van der Waals surface area contributed by atoms with Crippen LogP contribution >= 0.6 is 0 Å². The summed E-state index contributed by atoms with van der Waals surface area (Å²) in [5, 5.41) is 186. The third kappa shape index (κ3) is 13.6. The largest absolute Gasteiger partial charge is 0.394 e. The first-order chi connectivity index (χ1) is 33.4. The Morgan fingerprint density at radius 1 is 0.507 bits per heavy atom. The van der Waals surface area contributed by atoms with E-state index in [1.54, 1.807) is 0 Å². The molecule has 0 aromatic heterocycles. The van der Waals surface area contributed by atoms with Gasteiger partial charge in [-0.05, 0) is 13.8 Å². The van der Waals surface area contributed by atoms with Crippen LogP contribution in [0.2, 0.25) is 0 Å². The molecule has 0 aromatic rings. The van der Waals surface area contributed by atoms with Crippen LogP contribution in [0, 0.1) is 0 Å². The van der Waals surface area contributed by atoms with Gasteiger partial charge in [-0.2, -0.15) is 0 Å².